The fourth-order valence-electron chi connectivity index (χ4n) is 3.18. The summed E-state index contributed by atoms with van der Waals surface area (Å²) in [6, 6.07) is 3.43. The van der Waals surface area contributed by atoms with Gasteiger partial charge in [0.2, 0.25) is 5.88 Å². The molecule has 190 valence electrons. The van der Waals surface area contributed by atoms with Crippen molar-refractivity contribution in [3.63, 3.8) is 0 Å². The lowest BCUT2D eigenvalue weighted by Crippen LogP contribution is -2.45. The molecular weight excluding hydrogens is 517 g/mol. The van der Waals surface area contributed by atoms with Gasteiger partial charge in [-0.25, -0.2) is 9.78 Å². The van der Waals surface area contributed by atoms with Crippen molar-refractivity contribution < 1.29 is 32.2 Å². The molecule has 0 aliphatic rings. The number of aromatic nitrogens is 1. The first-order valence-corrected chi connectivity index (χ1v) is 11.9. The monoisotopic (exact) mass is 548 g/mol. The number of alkyl carbamates (subject to hydrolysis) is 1. The second-order valence-electron chi connectivity index (χ2n) is 9.39. The standard InChI is InChI=1S/C24H32BrF3N2O4/c1-8-14(4)18(30-22(31)34-23(5,6)7)12-32-21-16(25)9-10-17-20(21)15(24(26,27)28)11-19(29-17)33-13(2)3/h9-11,13-14,18H,8,12H2,1-7H3,(H,30,31)/t14?,18-/m0/s1. The van der Waals surface area contributed by atoms with Gasteiger partial charge in [0, 0.05) is 6.07 Å². The third-order valence-corrected chi connectivity index (χ3v) is 5.58. The number of nitrogens with zero attached hydrogens (tertiary/aromatic N) is 1. The lowest BCUT2D eigenvalue weighted by atomic mass is 10.00. The third-order valence-electron chi connectivity index (χ3n) is 4.96. The van der Waals surface area contributed by atoms with Crippen molar-refractivity contribution in [2.24, 2.45) is 5.92 Å². The third kappa shape index (κ3) is 7.65. The maximum absolute atomic E-state index is 14.0. The predicted molar refractivity (Wildman–Crippen MR) is 128 cm³/mol. The van der Waals surface area contributed by atoms with Gasteiger partial charge in [0.15, 0.2) is 0 Å². The number of halogens is 4. The molecule has 1 heterocycles. The van der Waals surface area contributed by atoms with Crippen LogP contribution in [0, 0.1) is 5.92 Å². The van der Waals surface area contributed by atoms with Crippen molar-refractivity contribution in [1.82, 2.24) is 10.3 Å². The molecule has 0 aliphatic heterocycles. The van der Waals surface area contributed by atoms with Gasteiger partial charge >= 0.3 is 12.3 Å². The van der Waals surface area contributed by atoms with Gasteiger partial charge in [-0.05, 0) is 68.6 Å². The summed E-state index contributed by atoms with van der Waals surface area (Å²) in [6.07, 6.45) is -4.91. The summed E-state index contributed by atoms with van der Waals surface area (Å²) in [4.78, 5) is 16.6. The molecule has 0 spiro atoms. The molecule has 0 aliphatic carbocycles. The number of rotatable bonds is 8. The van der Waals surface area contributed by atoms with Crippen LogP contribution in [-0.4, -0.2) is 35.4 Å². The van der Waals surface area contributed by atoms with E-state index in [1.807, 2.05) is 13.8 Å². The van der Waals surface area contributed by atoms with E-state index in [2.05, 4.69) is 26.2 Å². The highest BCUT2D eigenvalue weighted by Crippen LogP contribution is 2.43. The highest BCUT2D eigenvalue weighted by atomic mass is 79.9. The van der Waals surface area contributed by atoms with Gasteiger partial charge in [-0.1, -0.05) is 20.3 Å². The molecule has 0 bridgehead atoms. The summed E-state index contributed by atoms with van der Waals surface area (Å²) < 4.78 is 59.1. The molecule has 0 radical (unpaired) electrons. The highest BCUT2D eigenvalue weighted by Gasteiger charge is 2.36. The summed E-state index contributed by atoms with van der Waals surface area (Å²) >= 11 is 3.31. The normalized spacial score (nSPS) is 14.1. The summed E-state index contributed by atoms with van der Waals surface area (Å²) in [5.41, 5.74) is -1.51. The number of amides is 1. The van der Waals surface area contributed by atoms with E-state index in [9.17, 15) is 18.0 Å². The van der Waals surface area contributed by atoms with E-state index < -0.39 is 29.5 Å². The minimum absolute atomic E-state index is 0.00675. The molecule has 1 amide bonds. The number of nitrogens with one attached hydrogen (secondary N) is 1. The first kappa shape index (κ1) is 28.0. The van der Waals surface area contributed by atoms with E-state index >= 15 is 0 Å². The number of benzene rings is 1. The summed E-state index contributed by atoms with van der Waals surface area (Å²) in [6.45, 7) is 12.5. The Kier molecular flexibility index (Phi) is 9.07. The molecule has 2 aromatic rings. The van der Waals surface area contributed by atoms with E-state index in [-0.39, 0.29) is 41.2 Å². The second-order valence-corrected chi connectivity index (χ2v) is 10.2. The van der Waals surface area contributed by atoms with Gasteiger partial charge in [0.1, 0.15) is 18.0 Å². The Morgan fingerprint density at radius 3 is 2.35 bits per heavy atom. The Hall–Kier alpha value is -2.23. The number of alkyl halides is 3. The van der Waals surface area contributed by atoms with Crippen LogP contribution < -0.4 is 14.8 Å². The SMILES string of the molecule is CCC(C)[C@H](COc1c(Br)ccc2nc(OC(C)C)cc(C(F)(F)F)c12)NC(=O)OC(C)(C)C. The number of fused-ring (bicyclic) bond motifs is 1. The fraction of sp³-hybridized carbons (Fsp3) is 0.583. The number of hydrogen-bond donors (Lipinski definition) is 1. The van der Waals surface area contributed by atoms with E-state index in [1.165, 1.54) is 6.07 Å². The van der Waals surface area contributed by atoms with Crippen LogP contribution in [0.2, 0.25) is 0 Å². The van der Waals surface area contributed by atoms with Crippen molar-refractivity contribution in [3.8, 4) is 11.6 Å². The van der Waals surface area contributed by atoms with Gasteiger partial charge in [-0.2, -0.15) is 13.2 Å². The van der Waals surface area contributed by atoms with Crippen LogP contribution in [0.5, 0.6) is 11.6 Å². The second kappa shape index (κ2) is 11.0. The highest BCUT2D eigenvalue weighted by molar-refractivity contribution is 9.10. The molecule has 0 fully saturated rings. The maximum atomic E-state index is 14.0. The Labute approximate surface area is 206 Å². The van der Waals surface area contributed by atoms with Crippen LogP contribution in [0.25, 0.3) is 10.9 Å². The summed E-state index contributed by atoms with van der Waals surface area (Å²) in [5, 5.41) is 2.60. The van der Waals surface area contributed by atoms with Gasteiger partial charge in [0.05, 0.1) is 33.1 Å². The van der Waals surface area contributed by atoms with Crippen molar-refractivity contribution in [3.05, 3.63) is 28.2 Å². The van der Waals surface area contributed by atoms with Gasteiger partial charge in [-0.3, -0.25) is 0 Å². The Balaban J connectivity index is 2.46. The van der Waals surface area contributed by atoms with E-state index in [0.29, 0.717) is 10.9 Å². The van der Waals surface area contributed by atoms with Gasteiger partial charge in [-0.15, -0.1) is 0 Å². The average molecular weight is 549 g/mol. The predicted octanol–water partition coefficient (Wildman–Crippen LogP) is 7.12. The fourth-order valence-corrected chi connectivity index (χ4v) is 3.62. The van der Waals surface area contributed by atoms with Crippen molar-refractivity contribution in [2.75, 3.05) is 6.61 Å². The molecule has 1 aromatic heterocycles. The summed E-state index contributed by atoms with van der Waals surface area (Å²) in [7, 11) is 0. The number of carbonyl (C=O) groups is 1. The first-order chi connectivity index (χ1) is 15.6. The molecule has 6 nitrogen and oxygen atoms in total. The van der Waals surface area contributed by atoms with Crippen molar-refractivity contribution in [2.45, 2.75) is 78.8 Å². The number of carbonyl (C=O) groups excluding carboxylic acids is 1. The Morgan fingerprint density at radius 1 is 1.18 bits per heavy atom. The largest absolute Gasteiger partial charge is 0.490 e. The molecule has 0 saturated heterocycles. The molecule has 2 rings (SSSR count). The van der Waals surface area contributed by atoms with Crippen LogP contribution >= 0.6 is 15.9 Å². The number of ether oxygens (including phenoxy) is 3. The maximum Gasteiger partial charge on any atom is 0.417 e. The quantitative estimate of drug-likeness (QED) is 0.380. The van der Waals surface area contributed by atoms with Crippen LogP contribution in [0.3, 0.4) is 0 Å². The van der Waals surface area contributed by atoms with E-state index in [0.717, 1.165) is 6.07 Å². The lowest BCUT2D eigenvalue weighted by molar-refractivity contribution is -0.136. The number of hydrogen-bond acceptors (Lipinski definition) is 5. The molecule has 10 heteroatoms. The molecule has 1 N–H and O–H groups in total. The van der Waals surface area contributed by atoms with Crippen LogP contribution in [0.1, 0.15) is 60.5 Å². The average Bonchev–Trinajstić information content (AvgIpc) is 2.68. The van der Waals surface area contributed by atoms with Crippen molar-refractivity contribution in [1.29, 1.82) is 0 Å². The lowest BCUT2D eigenvalue weighted by Gasteiger charge is -2.27. The van der Waals surface area contributed by atoms with E-state index in [4.69, 9.17) is 14.2 Å². The molecule has 1 aromatic carbocycles. The topological polar surface area (TPSA) is 69.7 Å². The van der Waals surface area contributed by atoms with Crippen LogP contribution in [0.15, 0.2) is 22.7 Å². The molecular formula is C24H32BrF3N2O4. The zero-order chi connectivity index (χ0) is 25.8. The van der Waals surface area contributed by atoms with Crippen LogP contribution in [0.4, 0.5) is 18.0 Å². The molecule has 1 unspecified atom stereocenters. The molecule has 0 saturated carbocycles. The minimum atomic E-state index is -4.67. The molecule has 34 heavy (non-hydrogen) atoms. The first-order valence-electron chi connectivity index (χ1n) is 11.1. The number of pyridine rings is 1. The van der Waals surface area contributed by atoms with Crippen molar-refractivity contribution >= 4 is 32.9 Å². The van der Waals surface area contributed by atoms with E-state index in [1.54, 1.807) is 40.7 Å². The summed E-state index contributed by atoms with van der Waals surface area (Å²) in [5.74, 6) is -0.146. The Morgan fingerprint density at radius 2 is 1.82 bits per heavy atom. The molecule has 2 atom stereocenters. The zero-order valence-electron chi connectivity index (χ0n) is 20.5. The van der Waals surface area contributed by atoms with Gasteiger partial charge in [0.25, 0.3) is 0 Å². The smallest absolute Gasteiger partial charge is 0.417 e. The van der Waals surface area contributed by atoms with Gasteiger partial charge < -0.3 is 19.5 Å². The zero-order valence-corrected chi connectivity index (χ0v) is 22.1. The minimum Gasteiger partial charge on any atom is -0.490 e. The Bertz CT molecular complexity index is 1010. The van der Waals surface area contributed by atoms with Crippen LogP contribution in [-0.2, 0) is 10.9 Å².